The number of rotatable bonds is 1. The van der Waals surface area contributed by atoms with Gasteiger partial charge in [-0.2, -0.15) is 0 Å². The van der Waals surface area contributed by atoms with Gasteiger partial charge in [-0.25, -0.2) is 0 Å². The van der Waals surface area contributed by atoms with Crippen molar-refractivity contribution in [3.05, 3.63) is 82.1 Å². The third kappa shape index (κ3) is 3.42. The molecule has 146 valence electrons. The fourth-order valence-corrected chi connectivity index (χ4v) is 4.36. The number of aryl methyl sites for hydroxylation is 1. The maximum absolute atomic E-state index is 6.37. The maximum atomic E-state index is 6.37. The zero-order chi connectivity index (χ0) is 19.8. The van der Waals surface area contributed by atoms with Gasteiger partial charge in [0.2, 0.25) is 5.88 Å². The van der Waals surface area contributed by atoms with Crippen molar-refractivity contribution < 1.29 is 9.47 Å². The Bertz CT molecular complexity index is 959. The van der Waals surface area contributed by atoms with E-state index in [1.807, 2.05) is 0 Å². The number of anilines is 1. The summed E-state index contributed by atoms with van der Waals surface area (Å²) in [6.07, 6.45) is 10.5. The molecule has 0 bridgehead atoms. The zero-order valence-corrected chi connectivity index (χ0v) is 17.5. The Morgan fingerprint density at radius 3 is 2.71 bits per heavy atom. The fraction of sp³-hybridized carbons (Fsp3) is 0.360. The molecule has 0 spiro atoms. The second kappa shape index (κ2) is 7.38. The predicted molar refractivity (Wildman–Crippen MR) is 115 cm³/mol. The Kier molecular flexibility index (Phi) is 4.92. The Labute approximate surface area is 168 Å². The first-order valence-electron chi connectivity index (χ1n) is 10.1. The molecule has 0 saturated heterocycles. The SMILES string of the molecule is CC1=CC(C)=C(N2C3=C(C/C=C(C)\C=C/CO3)Oc3cc(C)ccc32)C(C)C1. The van der Waals surface area contributed by atoms with Crippen molar-refractivity contribution >= 4 is 5.69 Å². The van der Waals surface area contributed by atoms with E-state index in [-0.39, 0.29) is 0 Å². The Hall–Kier alpha value is -2.68. The van der Waals surface area contributed by atoms with Crippen LogP contribution in [0, 0.1) is 12.8 Å². The van der Waals surface area contributed by atoms with Gasteiger partial charge < -0.3 is 9.47 Å². The van der Waals surface area contributed by atoms with Gasteiger partial charge >= 0.3 is 0 Å². The molecule has 3 heteroatoms. The van der Waals surface area contributed by atoms with Crippen LogP contribution in [-0.4, -0.2) is 6.61 Å². The van der Waals surface area contributed by atoms with E-state index in [4.69, 9.17) is 9.47 Å². The van der Waals surface area contributed by atoms with E-state index in [9.17, 15) is 0 Å². The quantitative estimate of drug-likeness (QED) is 0.556. The molecule has 1 aromatic carbocycles. The smallest absolute Gasteiger partial charge is 0.239 e. The molecule has 0 saturated carbocycles. The van der Waals surface area contributed by atoms with Crippen LogP contribution in [0.25, 0.3) is 0 Å². The number of allylic oxidation sites excluding steroid dienone is 7. The lowest BCUT2D eigenvalue weighted by molar-refractivity contribution is 0.207. The van der Waals surface area contributed by atoms with E-state index in [1.165, 1.54) is 28.0 Å². The zero-order valence-electron chi connectivity index (χ0n) is 17.5. The van der Waals surface area contributed by atoms with Crippen molar-refractivity contribution in [3.8, 4) is 5.75 Å². The first kappa shape index (κ1) is 18.7. The highest BCUT2D eigenvalue weighted by Crippen LogP contribution is 2.45. The van der Waals surface area contributed by atoms with Crippen LogP contribution in [-0.2, 0) is 4.74 Å². The Balaban J connectivity index is 1.91. The average molecular weight is 376 g/mol. The molecule has 0 N–H and O–H groups in total. The summed E-state index contributed by atoms with van der Waals surface area (Å²) in [6.45, 7) is 11.5. The molecule has 1 unspecified atom stereocenters. The lowest BCUT2D eigenvalue weighted by Gasteiger charge is -2.39. The van der Waals surface area contributed by atoms with Crippen molar-refractivity contribution in [1.82, 2.24) is 0 Å². The molecule has 2 heterocycles. The number of hydrogen-bond acceptors (Lipinski definition) is 3. The number of benzene rings is 1. The van der Waals surface area contributed by atoms with Crippen LogP contribution in [0.4, 0.5) is 5.69 Å². The summed E-state index contributed by atoms with van der Waals surface area (Å²) in [5.74, 6) is 3.01. The molecule has 1 atom stereocenters. The summed E-state index contributed by atoms with van der Waals surface area (Å²) in [7, 11) is 0. The molecule has 28 heavy (non-hydrogen) atoms. The van der Waals surface area contributed by atoms with Crippen molar-refractivity contribution in [1.29, 1.82) is 0 Å². The van der Waals surface area contributed by atoms with Crippen molar-refractivity contribution in [2.24, 2.45) is 5.92 Å². The largest absolute Gasteiger partial charge is 0.472 e. The van der Waals surface area contributed by atoms with Crippen LogP contribution in [0.1, 0.15) is 46.1 Å². The molecular weight excluding hydrogens is 346 g/mol. The molecule has 0 radical (unpaired) electrons. The lowest BCUT2D eigenvalue weighted by Crippen LogP contribution is -2.34. The summed E-state index contributed by atoms with van der Waals surface area (Å²) < 4.78 is 12.7. The molecular formula is C25H29NO2. The lowest BCUT2D eigenvalue weighted by atomic mass is 9.88. The van der Waals surface area contributed by atoms with E-state index in [1.54, 1.807) is 0 Å². The first-order valence-corrected chi connectivity index (χ1v) is 10.1. The highest BCUT2D eigenvalue weighted by molar-refractivity contribution is 5.70. The van der Waals surface area contributed by atoms with Gasteiger partial charge in [-0.15, -0.1) is 0 Å². The molecule has 0 fully saturated rings. The summed E-state index contributed by atoms with van der Waals surface area (Å²) >= 11 is 0. The Morgan fingerprint density at radius 1 is 1.11 bits per heavy atom. The first-order chi connectivity index (χ1) is 13.4. The van der Waals surface area contributed by atoms with Gasteiger partial charge in [0.15, 0.2) is 11.5 Å². The van der Waals surface area contributed by atoms with Crippen molar-refractivity contribution in [2.45, 2.75) is 47.5 Å². The maximum Gasteiger partial charge on any atom is 0.239 e. The summed E-state index contributed by atoms with van der Waals surface area (Å²) in [5, 5.41) is 0. The predicted octanol–water partition coefficient (Wildman–Crippen LogP) is 6.55. The minimum atomic E-state index is 0.412. The molecule has 1 aliphatic carbocycles. The van der Waals surface area contributed by atoms with Crippen molar-refractivity contribution in [3.63, 3.8) is 0 Å². The van der Waals surface area contributed by atoms with Gasteiger partial charge in [0.1, 0.15) is 6.61 Å². The minimum Gasteiger partial charge on any atom is -0.472 e. The minimum absolute atomic E-state index is 0.412. The highest BCUT2D eigenvalue weighted by atomic mass is 16.5. The molecule has 0 aromatic heterocycles. The normalized spacial score (nSPS) is 25.2. The van der Waals surface area contributed by atoms with Crippen LogP contribution >= 0.6 is 0 Å². The number of fused-ring (bicyclic) bond motifs is 1. The van der Waals surface area contributed by atoms with Crippen LogP contribution < -0.4 is 9.64 Å². The molecule has 3 nitrogen and oxygen atoms in total. The van der Waals surface area contributed by atoms with E-state index >= 15 is 0 Å². The van der Waals surface area contributed by atoms with Gasteiger partial charge in [-0.05, 0) is 63.5 Å². The fourth-order valence-electron chi connectivity index (χ4n) is 4.36. The van der Waals surface area contributed by atoms with Crippen LogP contribution in [0.3, 0.4) is 0 Å². The number of hydrogen-bond donors (Lipinski definition) is 0. The molecule has 4 rings (SSSR count). The van der Waals surface area contributed by atoms with Gasteiger partial charge in [0.25, 0.3) is 0 Å². The molecule has 1 aromatic rings. The number of ether oxygens (including phenoxy) is 2. The van der Waals surface area contributed by atoms with E-state index < -0.39 is 0 Å². The third-order valence-corrected chi connectivity index (χ3v) is 5.54. The van der Waals surface area contributed by atoms with Crippen LogP contribution in [0.2, 0.25) is 0 Å². The topological polar surface area (TPSA) is 21.7 Å². The second-order valence-corrected chi connectivity index (χ2v) is 8.17. The van der Waals surface area contributed by atoms with Crippen LogP contribution in [0.5, 0.6) is 5.75 Å². The van der Waals surface area contributed by atoms with Gasteiger partial charge in [-0.1, -0.05) is 42.4 Å². The van der Waals surface area contributed by atoms with E-state index in [2.05, 4.69) is 82.0 Å². The van der Waals surface area contributed by atoms with Gasteiger partial charge in [0.05, 0.1) is 5.69 Å². The molecule has 2 aliphatic heterocycles. The van der Waals surface area contributed by atoms with Crippen LogP contribution in [0.15, 0.2) is 76.6 Å². The summed E-state index contributed by atoms with van der Waals surface area (Å²) in [5.41, 5.74) is 7.50. The summed E-state index contributed by atoms with van der Waals surface area (Å²) in [4.78, 5) is 2.30. The monoisotopic (exact) mass is 375 g/mol. The standard InChI is InChI=1S/C25H29NO2/c1-16-7-6-12-27-25-22(11-9-16)28-23-15-17(2)8-10-21(23)26(25)24-19(4)13-18(3)14-20(24)5/h6-10,13,15,20H,11-12,14H2,1-5H3/b7-6-,16-9-. The Morgan fingerprint density at radius 2 is 1.93 bits per heavy atom. The third-order valence-electron chi connectivity index (χ3n) is 5.54. The van der Waals surface area contributed by atoms with E-state index in [0.717, 1.165) is 29.5 Å². The number of nitrogens with zero attached hydrogens (tertiary/aromatic N) is 1. The molecule has 0 amide bonds. The average Bonchev–Trinajstić information content (AvgIpc) is 2.71. The summed E-state index contributed by atoms with van der Waals surface area (Å²) in [6, 6.07) is 6.42. The van der Waals surface area contributed by atoms with E-state index in [0.29, 0.717) is 18.9 Å². The highest BCUT2D eigenvalue weighted by Gasteiger charge is 2.34. The van der Waals surface area contributed by atoms with Gasteiger partial charge in [0, 0.05) is 18.0 Å². The van der Waals surface area contributed by atoms with Gasteiger partial charge in [-0.3, -0.25) is 4.90 Å². The second-order valence-electron chi connectivity index (χ2n) is 8.17. The molecule has 3 aliphatic rings. The van der Waals surface area contributed by atoms with Crippen molar-refractivity contribution in [2.75, 3.05) is 11.5 Å².